The molecule has 0 bridgehead atoms. The van der Waals surface area contributed by atoms with Crippen LogP contribution < -0.4 is 5.32 Å². The van der Waals surface area contributed by atoms with Crippen LogP contribution in [0.4, 0.5) is 0 Å². The minimum atomic E-state index is -1.00. The molecular weight excluding hydrogens is 216 g/mol. The minimum absolute atomic E-state index is 0.165. The number of nitrogens with one attached hydrogen (secondary N) is 1. The Bertz CT molecular complexity index is 264. The van der Waals surface area contributed by atoms with Gasteiger partial charge in [-0.1, -0.05) is 6.08 Å². The number of thioether (sulfide) groups is 1. The van der Waals surface area contributed by atoms with Crippen LogP contribution in [0.5, 0.6) is 0 Å². The van der Waals surface area contributed by atoms with E-state index < -0.39 is 5.97 Å². The van der Waals surface area contributed by atoms with E-state index in [1.165, 1.54) is 11.0 Å². The second-order valence-corrected chi connectivity index (χ2v) is 4.20. The summed E-state index contributed by atoms with van der Waals surface area (Å²) < 4.78 is 0. The van der Waals surface area contributed by atoms with Crippen molar-refractivity contribution >= 4 is 23.6 Å². The van der Waals surface area contributed by atoms with Crippen LogP contribution in [-0.2, 0) is 9.59 Å². The third kappa shape index (κ3) is 3.56. The summed E-state index contributed by atoms with van der Waals surface area (Å²) in [6, 6.07) is -0.255. The van der Waals surface area contributed by atoms with Gasteiger partial charge in [-0.05, 0) is 0 Å². The molecule has 0 aromatic carbocycles. The smallest absolute Gasteiger partial charge is 0.323 e. The van der Waals surface area contributed by atoms with Crippen LogP contribution in [0.15, 0.2) is 12.7 Å². The molecule has 2 N–H and O–H groups in total. The molecule has 0 aliphatic carbocycles. The number of aliphatic carboxylic acids is 1. The second-order valence-electron chi connectivity index (χ2n) is 3.17. The summed E-state index contributed by atoms with van der Waals surface area (Å²) in [6.07, 6.45) is 1.53. The first-order valence-corrected chi connectivity index (χ1v) is 5.73. The Morgan fingerprint density at radius 2 is 2.40 bits per heavy atom. The summed E-state index contributed by atoms with van der Waals surface area (Å²) in [5, 5.41) is 11.7. The maximum atomic E-state index is 11.8. The number of hydrogen-bond donors (Lipinski definition) is 2. The van der Waals surface area contributed by atoms with E-state index in [1.807, 2.05) is 0 Å². The molecule has 1 amide bonds. The first-order chi connectivity index (χ1) is 7.15. The number of nitrogens with zero attached hydrogens (tertiary/aromatic N) is 1. The maximum Gasteiger partial charge on any atom is 0.323 e. The van der Waals surface area contributed by atoms with Crippen molar-refractivity contribution in [2.75, 3.05) is 24.7 Å². The van der Waals surface area contributed by atoms with Gasteiger partial charge in [0.25, 0.3) is 0 Å². The van der Waals surface area contributed by atoms with Crippen LogP contribution in [0.1, 0.15) is 0 Å². The van der Waals surface area contributed by atoms with Crippen molar-refractivity contribution < 1.29 is 14.7 Å². The van der Waals surface area contributed by atoms with Crippen LogP contribution in [0, 0.1) is 0 Å². The number of carboxylic acids is 1. The van der Waals surface area contributed by atoms with Crippen LogP contribution in [-0.4, -0.2) is 52.6 Å². The molecule has 0 spiro atoms. The lowest BCUT2D eigenvalue weighted by Crippen LogP contribution is -2.46. The van der Waals surface area contributed by atoms with Crippen LogP contribution in [0.25, 0.3) is 0 Å². The standard InChI is InChI=1S/C9H14N2O3S/c1-2-3-11(4-8(12)13)9(14)7-5-15-6-10-7/h2,7,10H,1,3-6H2,(H,12,13). The van der Waals surface area contributed by atoms with Gasteiger partial charge < -0.3 is 10.0 Å². The van der Waals surface area contributed by atoms with Gasteiger partial charge in [-0.25, -0.2) is 0 Å². The highest BCUT2D eigenvalue weighted by Crippen LogP contribution is 2.11. The number of carbonyl (C=O) groups is 2. The molecule has 0 aromatic heterocycles. The molecule has 0 radical (unpaired) electrons. The summed E-state index contributed by atoms with van der Waals surface area (Å²) >= 11 is 1.63. The maximum absolute atomic E-state index is 11.8. The van der Waals surface area contributed by atoms with E-state index in [0.29, 0.717) is 5.75 Å². The summed E-state index contributed by atoms with van der Waals surface area (Å²) in [4.78, 5) is 23.7. The molecule has 1 rings (SSSR count). The molecule has 0 aromatic rings. The number of carbonyl (C=O) groups excluding carboxylic acids is 1. The largest absolute Gasteiger partial charge is 0.480 e. The van der Waals surface area contributed by atoms with E-state index in [9.17, 15) is 9.59 Å². The van der Waals surface area contributed by atoms with Crippen LogP contribution in [0.3, 0.4) is 0 Å². The lowest BCUT2D eigenvalue weighted by Gasteiger charge is -2.22. The Hall–Kier alpha value is -1.01. The van der Waals surface area contributed by atoms with Gasteiger partial charge in [0, 0.05) is 18.2 Å². The normalized spacial score (nSPS) is 19.9. The molecule has 1 atom stereocenters. The summed E-state index contributed by atoms with van der Waals surface area (Å²) in [5.74, 6) is 0.274. The number of hydrogen-bond acceptors (Lipinski definition) is 4. The van der Waals surface area contributed by atoms with Crippen molar-refractivity contribution in [1.82, 2.24) is 10.2 Å². The number of carboxylic acid groups (broad SMARTS) is 1. The van der Waals surface area contributed by atoms with E-state index in [1.54, 1.807) is 11.8 Å². The van der Waals surface area contributed by atoms with Gasteiger partial charge in [0.1, 0.15) is 6.54 Å². The highest BCUT2D eigenvalue weighted by atomic mass is 32.2. The number of rotatable bonds is 5. The summed E-state index contributed by atoms with van der Waals surface area (Å²) in [5.41, 5.74) is 0. The lowest BCUT2D eigenvalue weighted by atomic mass is 10.3. The topological polar surface area (TPSA) is 69.6 Å². The SMILES string of the molecule is C=CCN(CC(=O)O)C(=O)C1CSCN1. The Morgan fingerprint density at radius 1 is 1.67 bits per heavy atom. The fraction of sp³-hybridized carbons (Fsp3) is 0.556. The van der Waals surface area contributed by atoms with Gasteiger partial charge in [-0.15, -0.1) is 18.3 Å². The second kappa shape index (κ2) is 5.77. The van der Waals surface area contributed by atoms with E-state index in [-0.39, 0.29) is 25.0 Å². The van der Waals surface area contributed by atoms with E-state index in [2.05, 4.69) is 11.9 Å². The predicted molar refractivity (Wildman–Crippen MR) is 58.7 cm³/mol. The molecule has 84 valence electrons. The van der Waals surface area contributed by atoms with Gasteiger partial charge in [-0.2, -0.15) is 0 Å². The molecule has 1 saturated heterocycles. The summed E-state index contributed by atoms with van der Waals surface area (Å²) in [7, 11) is 0. The van der Waals surface area contributed by atoms with Gasteiger partial charge in [0.15, 0.2) is 0 Å². The Morgan fingerprint density at radius 3 is 2.87 bits per heavy atom. The fourth-order valence-electron chi connectivity index (χ4n) is 1.33. The lowest BCUT2D eigenvalue weighted by molar-refractivity contribution is -0.144. The van der Waals surface area contributed by atoms with Crippen molar-refractivity contribution in [2.24, 2.45) is 0 Å². The van der Waals surface area contributed by atoms with Crippen LogP contribution in [0.2, 0.25) is 0 Å². The molecular formula is C9H14N2O3S. The monoisotopic (exact) mass is 230 g/mol. The molecule has 0 saturated carbocycles. The highest BCUT2D eigenvalue weighted by molar-refractivity contribution is 7.99. The fourth-order valence-corrected chi connectivity index (χ4v) is 2.26. The Kier molecular flexibility index (Phi) is 4.64. The minimum Gasteiger partial charge on any atom is -0.480 e. The van der Waals surface area contributed by atoms with Crippen molar-refractivity contribution in [1.29, 1.82) is 0 Å². The third-order valence-electron chi connectivity index (χ3n) is 2.00. The first-order valence-electron chi connectivity index (χ1n) is 4.57. The molecule has 1 heterocycles. The molecule has 6 heteroatoms. The van der Waals surface area contributed by atoms with Crippen LogP contribution >= 0.6 is 11.8 Å². The third-order valence-corrected chi connectivity index (χ3v) is 2.94. The zero-order valence-electron chi connectivity index (χ0n) is 8.31. The highest BCUT2D eigenvalue weighted by Gasteiger charge is 2.27. The van der Waals surface area contributed by atoms with Crippen molar-refractivity contribution in [3.8, 4) is 0 Å². The van der Waals surface area contributed by atoms with E-state index >= 15 is 0 Å². The van der Waals surface area contributed by atoms with Crippen molar-refractivity contribution in [3.05, 3.63) is 12.7 Å². The van der Waals surface area contributed by atoms with E-state index in [0.717, 1.165) is 5.88 Å². The molecule has 5 nitrogen and oxygen atoms in total. The average Bonchev–Trinajstić information content (AvgIpc) is 2.68. The van der Waals surface area contributed by atoms with Gasteiger partial charge in [-0.3, -0.25) is 14.9 Å². The van der Waals surface area contributed by atoms with Crippen molar-refractivity contribution in [2.45, 2.75) is 6.04 Å². The Balaban J connectivity index is 2.56. The van der Waals surface area contributed by atoms with Gasteiger partial charge in [0.05, 0.1) is 6.04 Å². The van der Waals surface area contributed by atoms with E-state index in [4.69, 9.17) is 5.11 Å². The number of amides is 1. The Labute approximate surface area is 92.5 Å². The molecule has 1 aliphatic rings. The molecule has 1 fully saturated rings. The predicted octanol–water partition coefficient (Wildman–Crippen LogP) is -0.252. The molecule has 15 heavy (non-hydrogen) atoms. The quantitative estimate of drug-likeness (QED) is 0.637. The molecule has 1 unspecified atom stereocenters. The van der Waals surface area contributed by atoms with Gasteiger partial charge in [0.2, 0.25) is 5.91 Å². The average molecular weight is 230 g/mol. The molecule has 1 aliphatic heterocycles. The summed E-state index contributed by atoms with van der Waals surface area (Å²) in [6.45, 7) is 3.51. The first kappa shape index (κ1) is 12.1. The zero-order chi connectivity index (χ0) is 11.3. The zero-order valence-corrected chi connectivity index (χ0v) is 9.13. The van der Waals surface area contributed by atoms with Crippen molar-refractivity contribution in [3.63, 3.8) is 0 Å². The van der Waals surface area contributed by atoms with Gasteiger partial charge >= 0.3 is 5.97 Å².